The zero-order valence-electron chi connectivity index (χ0n) is 22.6. The number of hydrogen-bond acceptors (Lipinski definition) is 6. The van der Waals surface area contributed by atoms with Crippen molar-refractivity contribution in [2.75, 3.05) is 17.2 Å². The molecule has 3 aromatic carbocycles. The minimum absolute atomic E-state index is 0.297. The largest absolute Gasteiger partial charge is 0.573 e. The highest BCUT2D eigenvalue weighted by Crippen LogP contribution is 2.30. The predicted octanol–water partition coefficient (Wildman–Crippen LogP) is 7.36. The molecule has 0 unspecified atom stereocenters. The highest BCUT2D eigenvalue weighted by molar-refractivity contribution is 8.14. The first-order valence-electron chi connectivity index (χ1n) is 13.2. The van der Waals surface area contributed by atoms with Gasteiger partial charge >= 0.3 is 6.36 Å². The molecule has 5 rings (SSSR count). The van der Waals surface area contributed by atoms with E-state index in [0.29, 0.717) is 17.4 Å². The van der Waals surface area contributed by atoms with Crippen LogP contribution in [0.1, 0.15) is 31.4 Å². The summed E-state index contributed by atoms with van der Waals surface area (Å²) in [7, 11) is 0. The molecule has 11 heteroatoms. The van der Waals surface area contributed by atoms with Gasteiger partial charge in [0.2, 0.25) is 0 Å². The Balaban J connectivity index is 1.26. The van der Waals surface area contributed by atoms with Crippen LogP contribution in [0, 0.1) is 5.92 Å². The lowest BCUT2D eigenvalue weighted by molar-refractivity contribution is -0.274. The summed E-state index contributed by atoms with van der Waals surface area (Å²) in [6.45, 7) is 5.37. The van der Waals surface area contributed by atoms with Crippen LogP contribution in [0.2, 0.25) is 0 Å². The van der Waals surface area contributed by atoms with Crippen LogP contribution in [0.25, 0.3) is 17.1 Å². The maximum Gasteiger partial charge on any atom is 0.573 e. The molecule has 0 bridgehead atoms. The van der Waals surface area contributed by atoms with Crippen LogP contribution < -0.4 is 9.64 Å². The first-order chi connectivity index (χ1) is 19.7. The quantitative estimate of drug-likeness (QED) is 0.161. The summed E-state index contributed by atoms with van der Waals surface area (Å²) in [6.07, 6.45) is 0.595. The molecule has 0 spiro atoms. The van der Waals surface area contributed by atoms with Crippen molar-refractivity contribution >= 4 is 28.8 Å². The number of hydrogen-bond donors (Lipinski definition) is 0. The number of halogens is 3. The van der Waals surface area contributed by atoms with Gasteiger partial charge in [0, 0.05) is 23.5 Å². The topological polar surface area (TPSA) is 67.9 Å². The standard InChI is InChI=1S/C30H29F3N6OS/c1-21(2)18-24-6-3-4-7-27(24)38-16-5-17-41-29(38)36-35-19-22-8-10-23(11-9-22)28-34-20-39(37-28)25-12-14-26(15-13-25)40-30(31,32)33/h3-4,6-15,19-21H,5,16-18H2,1-2H3/b35-19+,36-29-. The fourth-order valence-electron chi connectivity index (χ4n) is 4.44. The van der Waals surface area contributed by atoms with Crippen LogP contribution >= 0.6 is 11.8 Å². The SMILES string of the molecule is CC(C)Cc1ccccc1N1CCCS/C1=N\N=C\c1ccc(-c2ncn(-c3ccc(OC(F)(F)F)cc3)n2)cc1. The van der Waals surface area contributed by atoms with Crippen molar-refractivity contribution in [3.63, 3.8) is 0 Å². The monoisotopic (exact) mass is 578 g/mol. The Kier molecular flexibility index (Phi) is 8.72. The fourth-order valence-corrected chi connectivity index (χ4v) is 5.34. The van der Waals surface area contributed by atoms with Crippen LogP contribution in [0.15, 0.2) is 89.3 Å². The van der Waals surface area contributed by atoms with E-state index in [9.17, 15) is 13.2 Å². The number of thioether (sulfide) groups is 1. The molecule has 0 atom stereocenters. The Hall–Kier alpha value is -4.12. The van der Waals surface area contributed by atoms with E-state index in [2.05, 4.69) is 68.0 Å². The summed E-state index contributed by atoms with van der Waals surface area (Å²) >= 11 is 1.72. The Morgan fingerprint density at radius 3 is 2.51 bits per heavy atom. The average Bonchev–Trinajstić information content (AvgIpc) is 3.44. The molecule has 1 aromatic heterocycles. The summed E-state index contributed by atoms with van der Waals surface area (Å²) < 4.78 is 42.6. The summed E-state index contributed by atoms with van der Waals surface area (Å²) in [5.74, 6) is 1.76. The molecule has 0 radical (unpaired) electrons. The van der Waals surface area contributed by atoms with Crippen molar-refractivity contribution in [3.05, 3.63) is 90.3 Å². The van der Waals surface area contributed by atoms with Crippen LogP contribution in [-0.2, 0) is 6.42 Å². The van der Waals surface area contributed by atoms with Crippen molar-refractivity contribution in [1.82, 2.24) is 14.8 Å². The van der Waals surface area contributed by atoms with Crippen molar-refractivity contribution in [3.8, 4) is 22.8 Å². The Labute approximate surface area is 240 Å². The number of benzene rings is 3. The number of alkyl halides is 3. The van der Waals surface area contributed by atoms with Gasteiger partial charge in [-0.2, -0.15) is 5.10 Å². The fraction of sp³-hybridized carbons (Fsp3) is 0.267. The average molecular weight is 579 g/mol. The zero-order chi connectivity index (χ0) is 28.8. The second kappa shape index (κ2) is 12.6. The molecule has 4 aromatic rings. The van der Waals surface area contributed by atoms with Gasteiger partial charge in [-0.15, -0.1) is 23.4 Å². The van der Waals surface area contributed by atoms with Gasteiger partial charge in [-0.3, -0.25) is 0 Å². The summed E-state index contributed by atoms with van der Waals surface area (Å²) in [5, 5.41) is 14.3. The Bertz CT molecular complexity index is 1510. The van der Waals surface area contributed by atoms with Gasteiger partial charge in [-0.1, -0.05) is 68.1 Å². The maximum atomic E-state index is 12.4. The van der Waals surface area contributed by atoms with Crippen molar-refractivity contribution in [1.29, 1.82) is 0 Å². The highest BCUT2D eigenvalue weighted by atomic mass is 32.2. The van der Waals surface area contributed by atoms with E-state index < -0.39 is 6.36 Å². The van der Waals surface area contributed by atoms with Gasteiger partial charge in [-0.05, 0) is 60.2 Å². The van der Waals surface area contributed by atoms with Crippen LogP contribution in [0.3, 0.4) is 0 Å². The lowest BCUT2D eigenvalue weighted by Gasteiger charge is -2.31. The number of para-hydroxylation sites is 1. The van der Waals surface area contributed by atoms with Gasteiger partial charge < -0.3 is 9.64 Å². The smallest absolute Gasteiger partial charge is 0.406 e. The van der Waals surface area contributed by atoms with E-state index in [-0.39, 0.29) is 5.75 Å². The first kappa shape index (κ1) is 28.4. The molecule has 1 fully saturated rings. The summed E-state index contributed by atoms with van der Waals surface area (Å²) in [5.41, 5.74) is 4.75. The molecule has 0 N–H and O–H groups in total. The zero-order valence-corrected chi connectivity index (χ0v) is 23.4. The molecule has 41 heavy (non-hydrogen) atoms. The summed E-state index contributed by atoms with van der Waals surface area (Å²) in [6, 6.07) is 21.5. The lowest BCUT2D eigenvalue weighted by Crippen LogP contribution is -2.34. The van der Waals surface area contributed by atoms with E-state index in [1.54, 1.807) is 18.0 Å². The van der Waals surface area contributed by atoms with E-state index in [1.807, 2.05) is 24.3 Å². The van der Waals surface area contributed by atoms with Crippen molar-refractivity contribution in [2.24, 2.45) is 16.1 Å². The molecule has 1 saturated heterocycles. The van der Waals surface area contributed by atoms with E-state index in [4.69, 9.17) is 0 Å². The third-order valence-corrected chi connectivity index (χ3v) is 7.30. The molecule has 1 aliphatic heterocycles. The normalized spacial score (nSPS) is 15.3. The molecular formula is C30H29F3N6OS. The van der Waals surface area contributed by atoms with E-state index in [1.165, 1.54) is 46.5 Å². The second-order valence-corrected chi connectivity index (χ2v) is 10.9. The Morgan fingerprint density at radius 2 is 1.78 bits per heavy atom. The molecule has 1 aliphatic rings. The van der Waals surface area contributed by atoms with E-state index in [0.717, 1.165) is 41.4 Å². The van der Waals surface area contributed by atoms with Crippen LogP contribution in [0.4, 0.5) is 18.9 Å². The molecule has 212 valence electrons. The van der Waals surface area contributed by atoms with Crippen LogP contribution in [-0.4, -0.2) is 44.8 Å². The van der Waals surface area contributed by atoms with Gasteiger partial charge in [-0.25, -0.2) is 9.67 Å². The first-order valence-corrected chi connectivity index (χ1v) is 14.2. The molecule has 0 saturated carbocycles. The number of aromatic nitrogens is 3. The number of amidine groups is 1. The molecule has 0 aliphatic carbocycles. The van der Waals surface area contributed by atoms with Gasteiger partial charge in [0.05, 0.1) is 11.9 Å². The number of rotatable bonds is 8. The molecule has 2 heterocycles. The number of anilines is 1. The molecule has 0 amide bonds. The van der Waals surface area contributed by atoms with Gasteiger partial charge in [0.25, 0.3) is 0 Å². The van der Waals surface area contributed by atoms with Crippen molar-refractivity contribution < 1.29 is 17.9 Å². The maximum absolute atomic E-state index is 12.4. The van der Waals surface area contributed by atoms with Gasteiger partial charge in [0.15, 0.2) is 11.0 Å². The van der Waals surface area contributed by atoms with E-state index >= 15 is 0 Å². The third kappa shape index (κ3) is 7.55. The number of nitrogens with zero attached hydrogens (tertiary/aromatic N) is 6. The van der Waals surface area contributed by atoms with Gasteiger partial charge in [0.1, 0.15) is 12.1 Å². The molecule has 7 nitrogen and oxygen atoms in total. The predicted molar refractivity (Wildman–Crippen MR) is 158 cm³/mol. The minimum Gasteiger partial charge on any atom is -0.406 e. The second-order valence-electron chi connectivity index (χ2n) is 9.88. The molecular weight excluding hydrogens is 549 g/mol. The summed E-state index contributed by atoms with van der Waals surface area (Å²) in [4.78, 5) is 6.61. The van der Waals surface area contributed by atoms with Crippen molar-refractivity contribution in [2.45, 2.75) is 33.1 Å². The highest BCUT2D eigenvalue weighted by Gasteiger charge is 2.31. The number of ether oxygens (including phenoxy) is 1. The Morgan fingerprint density at radius 1 is 1.02 bits per heavy atom. The lowest BCUT2D eigenvalue weighted by atomic mass is 10.0. The third-order valence-electron chi connectivity index (χ3n) is 6.24. The minimum atomic E-state index is -4.74. The van der Waals surface area contributed by atoms with Crippen LogP contribution in [0.5, 0.6) is 5.75 Å².